The lowest BCUT2D eigenvalue weighted by Gasteiger charge is -2.26. The van der Waals surface area contributed by atoms with Gasteiger partial charge in [0.2, 0.25) is 5.78 Å². The van der Waals surface area contributed by atoms with Gasteiger partial charge in [0.15, 0.2) is 11.2 Å². The lowest BCUT2D eigenvalue weighted by atomic mass is 10.2. The quantitative estimate of drug-likeness (QED) is 0.456. The molecular weight excluding hydrogens is 444 g/mol. The highest BCUT2D eigenvalue weighted by atomic mass is 35.5. The molecule has 1 fully saturated rings. The molecule has 0 aliphatic carbocycles. The number of fused-ring (bicyclic) bond motifs is 3. The molecule has 3 aromatic heterocycles. The van der Waals surface area contributed by atoms with Crippen LogP contribution in [-0.2, 0) is 18.3 Å². The minimum Gasteiger partial charge on any atom is -0.379 e. The molecular formula is C23H27ClN6O3. The van der Waals surface area contributed by atoms with E-state index in [1.165, 1.54) is 9.13 Å². The smallest absolute Gasteiger partial charge is 0.332 e. The Labute approximate surface area is 195 Å². The van der Waals surface area contributed by atoms with Gasteiger partial charge in [0.05, 0.1) is 18.9 Å². The fraction of sp³-hybridized carbons (Fsp3) is 0.435. The number of morpholine rings is 1. The molecule has 0 N–H and O–H groups in total. The molecule has 0 unspecified atom stereocenters. The van der Waals surface area contributed by atoms with Crippen molar-refractivity contribution >= 4 is 28.5 Å². The number of aryl methyl sites for hydroxylation is 3. The largest absolute Gasteiger partial charge is 0.379 e. The first-order valence-electron chi connectivity index (χ1n) is 11.1. The van der Waals surface area contributed by atoms with Crippen molar-refractivity contribution in [2.75, 3.05) is 32.8 Å². The number of nitrogens with zero attached hydrogens (tertiary/aromatic N) is 6. The second kappa shape index (κ2) is 8.16. The minimum atomic E-state index is -0.360. The monoisotopic (exact) mass is 470 g/mol. The van der Waals surface area contributed by atoms with Gasteiger partial charge in [0, 0.05) is 49.6 Å². The van der Waals surface area contributed by atoms with Gasteiger partial charge >= 0.3 is 5.69 Å². The highest BCUT2D eigenvalue weighted by Gasteiger charge is 2.23. The number of aromatic nitrogens is 5. The van der Waals surface area contributed by atoms with E-state index in [4.69, 9.17) is 21.3 Å². The van der Waals surface area contributed by atoms with E-state index in [0.717, 1.165) is 35.7 Å². The molecule has 5 rings (SSSR count). The Hall–Kier alpha value is -2.88. The minimum absolute atomic E-state index is 0.320. The molecule has 0 atom stereocenters. The summed E-state index contributed by atoms with van der Waals surface area (Å²) in [6.45, 7) is 9.78. The zero-order valence-electron chi connectivity index (χ0n) is 19.3. The number of imidazole rings is 2. The Morgan fingerprint density at radius 2 is 1.79 bits per heavy atom. The van der Waals surface area contributed by atoms with Crippen molar-refractivity contribution in [3.63, 3.8) is 0 Å². The van der Waals surface area contributed by atoms with Crippen LogP contribution >= 0.6 is 11.6 Å². The third kappa shape index (κ3) is 3.42. The van der Waals surface area contributed by atoms with Gasteiger partial charge in [-0.2, -0.15) is 4.98 Å². The molecule has 0 radical (unpaired) electrons. The van der Waals surface area contributed by atoms with E-state index in [2.05, 4.69) is 4.90 Å². The molecule has 4 heterocycles. The fourth-order valence-corrected chi connectivity index (χ4v) is 4.72. The van der Waals surface area contributed by atoms with Crippen LogP contribution in [0.5, 0.6) is 0 Å². The topological polar surface area (TPSA) is 78.7 Å². The summed E-state index contributed by atoms with van der Waals surface area (Å²) in [4.78, 5) is 33.6. The van der Waals surface area contributed by atoms with Crippen molar-refractivity contribution in [1.29, 1.82) is 0 Å². The molecule has 0 spiro atoms. The maximum Gasteiger partial charge on any atom is 0.332 e. The van der Waals surface area contributed by atoms with Crippen LogP contribution < -0.4 is 11.2 Å². The molecule has 0 amide bonds. The van der Waals surface area contributed by atoms with Crippen LogP contribution in [-0.4, -0.2) is 60.8 Å². The fourth-order valence-electron chi connectivity index (χ4n) is 4.54. The Bertz CT molecular complexity index is 1500. The average molecular weight is 471 g/mol. The lowest BCUT2D eigenvalue weighted by Crippen LogP contribution is -2.44. The van der Waals surface area contributed by atoms with Crippen molar-refractivity contribution in [1.82, 2.24) is 28.0 Å². The summed E-state index contributed by atoms with van der Waals surface area (Å²) in [6, 6.07) is 5.83. The molecule has 1 saturated heterocycles. The van der Waals surface area contributed by atoms with E-state index in [1.54, 1.807) is 7.05 Å². The molecule has 4 aromatic rings. The summed E-state index contributed by atoms with van der Waals surface area (Å²) in [7, 11) is 1.66. The first-order chi connectivity index (χ1) is 15.8. The Balaban J connectivity index is 1.71. The highest BCUT2D eigenvalue weighted by Crippen LogP contribution is 2.27. The Morgan fingerprint density at radius 1 is 1.06 bits per heavy atom. The van der Waals surface area contributed by atoms with Gasteiger partial charge in [-0.05, 0) is 38.5 Å². The van der Waals surface area contributed by atoms with Crippen LogP contribution in [0, 0.1) is 20.8 Å². The van der Waals surface area contributed by atoms with Gasteiger partial charge in [-0.25, -0.2) is 4.79 Å². The molecule has 1 aliphatic heterocycles. The van der Waals surface area contributed by atoms with Crippen LogP contribution in [0.3, 0.4) is 0 Å². The predicted molar refractivity (Wildman–Crippen MR) is 128 cm³/mol. The summed E-state index contributed by atoms with van der Waals surface area (Å²) < 4.78 is 12.0. The lowest BCUT2D eigenvalue weighted by molar-refractivity contribution is 0.0361. The van der Waals surface area contributed by atoms with Crippen LogP contribution in [0.4, 0.5) is 0 Å². The van der Waals surface area contributed by atoms with Gasteiger partial charge in [-0.1, -0.05) is 17.7 Å². The molecule has 1 aromatic carbocycles. The SMILES string of the molecule is Cc1ccc(-n2c(C)c(C)n3c4c(=O)n(CCN5CCOCC5)c(=O)n(C)c4nc23)cc1Cl. The van der Waals surface area contributed by atoms with Crippen molar-refractivity contribution in [2.45, 2.75) is 27.3 Å². The maximum absolute atomic E-state index is 13.6. The molecule has 9 nitrogen and oxygen atoms in total. The van der Waals surface area contributed by atoms with E-state index < -0.39 is 0 Å². The number of benzene rings is 1. The van der Waals surface area contributed by atoms with Gasteiger partial charge in [0.1, 0.15) is 0 Å². The summed E-state index contributed by atoms with van der Waals surface area (Å²) >= 11 is 6.39. The highest BCUT2D eigenvalue weighted by molar-refractivity contribution is 6.31. The van der Waals surface area contributed by atoms with E-state index in [9.17, 15) is 9.59 Å². The van der Waals surface area contributed by atoms with Crippen LogP contribution in [0.25, 0.3) is 22.6 Å². The standard InChI is InChI=1S/C23H27ClN6O3/c1-14-5-6-17(13-18(14)24)29-15(2)16(3)30-19-20(25-22(29)30)26(4)23(32)28(21(19)31)8-7-27-9-11-33-12-10-27/h5-6,13H,7-12H2,1-4H3. The molecule has 174 valence electrons. The zero-order chi connectivity index (χ0) is 23.4. The van der Waals surface area contributed by atoms with E-state index >= 15 is 0 Å². The molecule has 0 bridgehead atoms. The van der Waals surface area contributed by atoms with Gasteiger partial charge in [-0.3, -0.25) is 27.8 Å². The first kappa shape index (κ1) is 21.9. The van der Waals surface area contributed by atoms with Crippen LogP contribution in [0.2, 0.25) is 5.02 Å². The summed E-state index contributed by atoms with van der Waals surface area (Å²) in [6.07, 6.45) is 0. The molecule has 33 heavy (non-hydrogen) atoms. The summed E-state index contributed by atoms with van der Waals surface area (Å²) in [5, 5.41) is 0.658. The van der Waals surface area contributed by atoms with Crippen LogP contribution in [0.1, 0.15) is 17.0 Å². The number of halogens is 1. The normalized spacial score (nSPS) is 15.2. The third-order valence-corrected chi connectivity index (χ3v) is 7.08. The summed E-state index contributed by atoms with van der Waals surface area (Å²) in [5.41, 5.74) is 3.78. The predicted octanol–water partition coefficient (Wildman–Crippen LogP) is 2.05. The first-order valence-corrected chi connectivity index (χ1v) is 11.4. The van der Waals surface area contributed by atoms with Crippen molar-refractivity contribution in [2.24, 2.45) is 7.05 Å². The number of rotatable bonds is 4. The number of hydrogen-bond donors (Lipinski definition) is 0. The van der Waals surface area contributed by atoms with Crippen molar-refractivity contribution in [3.8, 4) is 5.69 Å². The van der Waals surface area contributed by atoms with Gasteiger partial charge in [-0.15, -0.1) is 0 Å². The number of ether oxygens (including phenoxy) is 1. The second-order valence-corrected chi connectivity index (χ2v) is 9.02. The Morgan fingerprint density at radius 3 is 2.48 bits per heavy atom. The second-order valence-electron chi connectivity index (χ2n) is 8.61. The molecule has 0 saturated carbocycles. The molecule has 1 aliphatic rings. The summed E-state index contributed by atoms with van der Waals surface area (Å²) in [5.74, 6) is 0.581. The third-order valence-electron chi connectivity index (χ3n) is 6.68. The van der Waals surface area contributed by atoms with E-state index in [-0.39, 0.29) is 11.2 Å². The van der Waals surface area contributed by atoms with Gasteiger partial charge < -0.3 is 4.74 Å². The molecule has 10 heteroatoms. The number of hydrogen-bond acceptors (Lipinski definition) is 5. The van der Waals surface area contributed by atoms with E-state index in [0.29, 0.717) is 48.3 Å². The Kier molecular flexibility index (Phi) is 5.43. The average Bonchev–Trinajstić information content (AvgIpc) is 3.30. The van der Waals surface area contributed by atoms with Crippen LogP contribution in [0.15, 0.2) is 27.8 Å². The zero-order valence-corrected chi connectivity index (χ0v) is 20.0. The van der Waals surface area contributed by atoms with Crippen molar-refractivity contribution < 1.29 is 4.74 Å². The van der Waals surface area contributed by atoms with Gasteiger partial charge in [0.25, 0.3) is 5.56 Å². The van der Waals surface area contributed by atoms with E-state index in [1.807, 2.05) is 47.9 Å². The maximum atomic E-state index is 13.6. The van der Waals surface area contributed by atoms with Crippen molar-refractivity contribution in [3.05, 3.63) is 61.0 Å².